The number of likely N-dealkylation sites (tertiary alicyclic amines) is 1. The maximum Gasteiger partial charge on any atom is 0.227 e. The van der Waals surface area contributed by atoms with Crippen molar-refractivity contribution in [2.75, 3.05) is 25.5 Å². The van der Waals surface area contributed by atoms with Gasteiger partial charge in [0.05, 0.1) is 0 Å². The number of carbonyl (C=O) groups is 2. The molecule has 0 radical (unpaired) electrons. The highest BCUT2D eigenvalue weighted by molar-refractivity contribution is 14.0. The van der Waals surface area contributed by atoms with E-state index in [0.29, 0.717) is 12.5 Å². The van der Waals surface area contributed by atoms with Crippen LogP contribution in [0.2, 0.25) is 0 Å². The number of amides is 2. The second-order valence-electron chi connectivity index (χ2n) is 9.17. The molecule has 0 spiro atoms. The second kappa shape index (κ2) is 13.8. The van der Waals surface area contributed by atoms with E-state index in [0.717, 1.165) is 56.0 Å². The molecule has 184 valence electrons. The number of guanidine groups is 1. The van der Waals surface area contributed by atoms with Crippen LogP contribution < -0.4 is 16.0 Å². The Morgan fingerprint density at radius 3 is 2.64 bits per heavy atom. The number of hydrogen-bond donors (Lipinski definition) is 3. The van der Waals surface area contributed by atoms with E-state index in [2.05, 4.69) is 20.9 Å². The van der Waals surface area contributed by atoms with Gasteiger partial charge in [0.15, 0.2) is 5.96 Å². The lowest BCUT2D eigenvalue weighted by Crippen LogP contribution is -2.45. The number of aliphatic imine (C=N–C) groups is 1. The largest absolute Gasteiger partial charge is 0.352 e. The van der Waals surface area contributed by atoms with E-state index in [1.54, 1.807) is 7.05 Å². The zero-order valence-electron chi connectivity index (χ0n) is 20.2. The molecule has 3 rings (SSSR count). The second-order valence-corrected chi connectivity index (χ2v) is 9.17. The molecule has 1 aromatic rings. The average molecular weight is 570 g/mol. The van der Waals surface area contributed by atoms with Crippen LogP contribution in [-0.2, 0) is 16.1 Å². The van der Waals surface area contributed by atoms with Crippen LogP contribution in [0.5, 0.6) is 0 Å². The van der Waals surface area contributed by atoms with Crippen LogP contribution in [0.4, 0.5) is 5.69 Å². The number of anilines is 1. The van der Waals surface area contributed by atoms with E-state index in [9.17, 15) is 9.59 Å². The molecule has 2 aliphatic rings. The lowest BCUT2D eigenvalue weighted by Gasteiger charge is -2.26. The predicted molar refractivity (Wildman–Crippen MR) is 145 cm³/mol. The first-order chi connectivity index (χ1) is 15.5. The van der Waals surface area contributed by atoms with Crippen molar-refractivity contribution < 1.29 is 9.59 Å². The van der Waals surface area contributed by atoms with Crippen LogP contribution >= 0.6 is 24.0 Å². The van der Waals surface area contributed by atoms with Crippen molar-refractivity contribution >= 4 is 47.4 Å². The molecule has 0 aromatic heterocycles. The Labute approximate surface area is 215 Å². The first-order valence-electron chi connectivity index (χ1n) is 12.2. The average Bonchev–Trinajstić information content (AvgIpc) is 3.30. The van der Waals surface area contributed by atoms with Crippen molar-refractivity contribution in [1.29, 1.82) is 0 Å². The summed E-state index contributed by atoms with van der Waals surface area (Å²) in [6, 6.07) is 8.09. The van der Waals surface area contributed by atoms with E-state index in [1.807, 2.05) is 43.0 Å². The summed E-state index contributed by atoms with van der Waals surface area (Å²) in [5.74, 6) is 1.34. The molecule has 1 aromatic carbocycles. The molecule has 1 heterocycles. The standard InChI is InChI=1S/C25H39N5O2.HI/c1-4-18(2)23(31)28-21-12-8-9-19(15-21)16-27-25(26-3)29-22-13-14-30(17-22)24(32)20-10-6-5-7-11-20;/h8-9,12,15,18,20,22H,4-7,10-11,13-14,16-17H2,1-3H3,(H,28,31)(H2,26,27,29);1H. The lowest BCUT2D eigenvalue weighted by molar-refractivity contribution is -0.135. The fraction of sp³-hybridized carbons (Fsp3) is 0.640. The number of nitrogens with zero attached hydrogens (tertiary/aromatic N) is 2. The van der Waals surface area contributed by atoms with Crippen molar-refractivity contribution in [2.45, 2.75) is 71.4 Å². The Bertz CT molecular complexity index is 810. The van der Waals surface area contributed by atoms with Crippen molar-refractivity contribution in [1.82, 2.24) is 15.5 Å². The van der Waals surface area contributed by atoms with Crippen molar-refractivity contribution in [2.24, 2.45) is 16.8 Å². The topological polar surface area (TPSA) is 85.8 Å². The molecule has 8 heteroatoms. The number of carbonyl (C=O) groups excluding carboxylic acids is 2. The minimum absolute atomic E-state index is 0. The molecular formula is C25H40IN5O2. The van der Waals surface area contributed by atoms with Crippen LogP contribution in [0.25, 0.3) is 0 Å². The summed E-state index contributed by atoms with van der Waals surface area (Å²) in [5.41, 5.74) is 1.88. The van der Waals surface area contributed by atoms with Crippen LogP contribution in [0.3, 0.4) is 0 Å². The molecule has 0 bridgehead atoms. The van der Waals surface area contributed by atoms with Crippen LogP contribution in [-0.4, -0.2) is 48.9 Å². The molecule has 2 unspecified atom stereocenters. The zero-order valence-corrected chi connectivity index (χ0v) is 22.6. The number of hydrogen-bond acceptors (Lipinski definition) is 3. The monoisotopic (exact) mass is 569 g/mol. The summed E-state index contributed by atoms with van der Waals surface area (Å²) < 4.78 is 0. The summed E-state index contributed by atoms with van der Waals surface area (Å²) in [6.45, 7) is 6.11. The maximum atomic E-state index is 12.8. The smallest absolute Gasteiger partial charge is 0.227 e. The molecule has 33 heavy (non-hydrogen) atoms. The SMILES string of the molecule is CCC(C)C(=O)Nc1cccc(CNC(=NC)NC2CCN(C(=O)C3CCCCC3)C2)c1.I. The third-order valence-electron chi connectivity index (χ3n) is 6.73. The number of benzene rings is 1. The Morgan fingerprint density at radius 2 is 1.94 bits per heavy atom. The van der Waals surface area contributed by atoms with E-state index in [-0.39, 0.29) is 47.8 Å². The third kappa shape index (κ3) is 8.15. The van der Waals surface area contributed by atoms with Crippen LogP contribution in [0, 0.1) is 11.8 Å². The number of halogens is 1. The number of nitrogens with one attached hydrogen (secondary N) is 3. The Morgan fingerprint density at radius 1 is 1.18 bits per heavy atom. The van der Waals surface area contributed by atoms with Gasteiger partial charge in [0, 0.05) is 50.2 Å². The molecule has 1 saturated heterocycles. The predicted octanol–water partition coefficient (Wildman–Crippen LogP) is 4.14. The fourth-order valence-corrected chi connectivity index (χ4v) is 4.47. The van der Waals surface area contributed by atoms with E-state index in [1.165, 1.54) is 19.3 Å². The van der Waals surface area contributed by atoms with Gasteiger partial charge >= 0.3 is 0 Å². The molecular weight excluding hydrogens is 529 g/mol. The minimum Gasteiger partial charge on any atom is -0.352 e. The van der Waals surface area contributed by atoms with Gasteiger partial charge in [-0.1, -0.05) is 45.2 Å². The number of rotatable bonds is 7. The van der Waals surface area contributed by atoms with Gasteiger partial charge in [-0.2, -0.15) is 0 Å². The van der Waals surface area contributed by atoms with E-state index in [4.69, 9.17) is 0 Å². The molecule has 3 N–H and O–H groups in total. The van der Waals surface area contributed by atoms with Gasteiger partial charge in [0.1, 0.15) is 0 Å². The first-order valence-corrected chi connectivity index (χ1v) is 12.2. The highest BCUT2D eigenvalue weighted by Gasteiger charge is 2.31. The zero-order chi connectivity index (χ0) is 22.9. The van der Waals surface area contributed by atoms with E-state index >= 15 is 0 Å². The highest BCUT2D eigenvalue weighted by Crippen LogP contribution is 2.26. The first kappa shape index (κ1) is 27.4. The van der Waals surface area contributed by atoms with E-state index < -0.39 is 0 Å². The molecule has 1 aliphatic heterocycles. The summed E-state index contributed by atoms with van der Waals surface area (Å²) in [6.07, 6.45) is 7.50. The Kier molecular flexibility index (Phi) is 11.4. The van der Waals surface area contributed by atoms with Gasteiger partial charge in [-0.05, 0) is 43.4 Å². The van der Waals surface area contributed by atoms with Gasteiger partial charge in [-0.25, -0.2) is 0 Å². The fourth-order valence-electron chi connectivity index (χ4n) is 4.47. The molecule has 1 saturated carbocycles. The molecule has 2 fully saturated rings. The van der Waals surface area contributed by atoms with Crippen molar-refractivity contribution in [3.8, 4) is 0 Å². The summed E-state index contributed by atoms with van der Waals surface area (Å²) in [5, 5.41) is 9.81. The van der Waals surface area contributed by atoms with Gasteiger partial charge < -0.3 is 20.9 Å². The highest BCUT2D eigenvalue weighted by atomic mass is 127. The van der Waals surface area contributed by atoms with Gasteiger partial charge in [-0.15, -0.1) is 24.0 Å². The molecule has 2 atom stereocenters. The van der Waals surface area contributed by atoms with Gasteiger partial charge in [0.25, 0.3) is 0 Å². The van der Waals surface area contributed by atoms with Crippen LogP contribution in [0.15, 0.2) is 29.3 Å². The van der Waals surface area contributed by atoms with Crippen molar-refractivity contribution in [3.05, 3.63) is 29.8 Å². The quantitative estimate of drug-likeness (QED) is 0.262. The molecule has 2 amide bonds. The van der Waals surface area contributed by atoms with Crippen LogP contribution in [0.1, 0.15) is 64.4 Å². The maximum absolute atomic E-state index is 12.8. The molecule has 1 aliphatic carbocycles. The summed E-state index contributed by atoms with van der Waals surface area (Å²) in [4.78, 5) is 31.3. The lowest BCUT2D eigenvalue weighted by atomic mass is 9.88. The van der Waals surface area contributed by atoms with Gasteiger partial charge in [0.2, 0.25) is 11.8 Å². The van der Waals surface area contributed by atoms with Crippen molar-refractivity contribution in [3.63, 3.8) is 0 Å². The normalized spacial score (nSPS) is 20.0. The third-order valence-corrected chi connectivity index (χ3v) is 6.73. The van der Waals surface area contributed by atoms with Gasteiger partial charge in [-0.3, -0.25) is 14.6 Å². The Balaban J connectivity index is 0.00000385. The molecule has 7 nitrogen and oxygen atoms in total. The summed E-state index contributed by atoms with van der Waals surface area (Å²) >= 11 is 0. The Hall–Kier alpha value is -1.84. The minimum atomic E-state index is -0.00391. The summed E-state index contributed by atoms with van der Waals surface area (Å²) in [7, 11) is 1.76.